The van der Waals surface area contributed by atoms with Gasteiger partial charge in [0, 0.05) is 5.92 Å². The van der Waals surface area contributed by atoms with Crippen molar-refractivity contribution in [3.05, 3.63) is 41.6 Å². The first-order valence-electron chi connectivity index (χ1n) is 8.81. The van der Waals surface area contributed by atoms with Crippen LogP contribution in [0.15, 0.2) is 35.0 Å². The number of carbonyl (C=O) groups is 1. The van der Waals surface area contributed by atoms with E-state index < -0.39 is 0 Å². The lowest BCUT2D eigenvalue weighted by atomic mass is 9.89. The number of aromatic nitrogens is 2. The molecule has 1 N–H and O–H groups in total. The van der Waals surface area contributed by atoms with Crippen molar-refractivity contribution >= 4 is 11.8 Å². The second-order valence-corrected chi connectivity index (χ2v) is 6.72. The van der Waals surface area contributed by atoms with Gasteiger partial charge in [-0.15, -0.1) is 5.01 Å². The summed E-state index contributed by atoms with van der Waals surface area (Å²) in [6.07, 6.45) is 8.21. The molecule has 1 amide bonds. The van der Waals surface area contributed by atoms with Gasteiger partial charge >= 0.3 is 5.88 Å². The Balaban J connectivity index is 1.41. The number of nitrogens with zero attached hydrogens (tertiary/aromatic N) is 3. The van der Waals surface area contributed by atoms with E-state index in [4.69, 9.17) is 4.52 Å². The van der Waals surface area contributed by atoms with E-state index in [0.29, 0.717) is 5.88 Å². The summed E-state index contributed by atoms with van der Waals surface area (Å²) in [5, 5.41) is 9.05. The zero-order valence-electron chi connectivity index (χ0n) is 13.8. The van der Waals surface area contributed by atoms with Crippen LogP contribution in [0.2, 0.25) is 0 Å². The first-order valence-corrected chi connectivity index (χ1v) is 8.81. The van der Waals surface area contributed by atoms with Gasteiger partial charge in [-0.2, -0.15) is 0 Å². The lowest BCUT2D eigenvalue weighted by Crippen LogP contribution is -2.60. The predicted octanol–water partition coefficient (Wildman–Crippen LogP) is 2.18. The van der Waals surface area contributed by atoms with Crippen LogP contribution in [0.5, 0.6) is 0 Å². The van der Waals surface area contributed by atoms with E-state index in [-0.39, 0.29) is 11.8 Å². The highest BCUT2D eigenvalue weighted by molar-refractivity contribution is 5.91. The van der Waals surface area contributed by atoms with Crippen LogP contribution in [0.1, 0.15) is 43.2 Å². The minimum Gasteiger partial charge on any atom is -0.289 e. The Morgan fingerprint density at radius 1 is 1.21 bits per heavy atom. The molecule has 0 spiro atoms. The topological polar surface area (TPSA) is 62.3 Å². The largest absolute Gasteiger partial charge is 0.305 e. The van der Waals surface area contributed by atoms with E-state index in [2.05, 4.69) is 39.9 Å². The molecule has 4 rings (SSSR count). The molecule has 0 atom stereocenters. The van der Waals surface area contributed by atoms with Gasteiger partial charge in [-0.3, -0.25) is 14.6 Å². The van der Waals surface area contributed by atoms with Gasteiger partial charge in [-0.25, -0.2) is 0 Å². The van der Waals surface area contributed by atoms with Crippen molar-refractivity contribution in [1.29, 1.82) is 0 Å². The molecule has 24 heavy (non-hydrogen) atoms. The van der Waals surface area contributed by atoms with Gasteiger partial charge in [0.15, 0.2) is 0 Å². The number of rotatable bonds is 3. The van der Waals surface area contributed by atoms with Crippen molar-refractivity contribution < 1.29 is 14.1 Å². The summed E-state index contributed by atoms with van der Waals surface area (Å²) in [4.78, 5) is 14.0. The summed E-state index contributed by atoms with van der Waals surface area (Å²) in [5.41, 5.74) is 2.70. The van der Waals surface area contributed by atoms with Crippen LogP contribution in [0.4, 0.5) is 5.88 Å². The zero-order valence-corrected chi connectivity index (χ0v) is 13.8. The maximum absolute atomic E-state index is 12.3. The lowest BCUT2D eigenvalue weighted by Gasteiger charge is -2.21. The standard InChI is InChI=1S/C18H22N4O2/c23-18(15-7-2-1-3-8-15)19-17-13-22(20-24-17)21-11-10-14-6-4-5-9-16(14)12-21/h4-6,9,13,15H,1-3,7-8,10-12H2/p+1. The quantitative estimate of drug-likeness (QED) is 0.878. The highest BCUT2D eigenvalue weighted by atomic mass is 16.5. The first-order chi connectivity index (χ1) is 11.8. The molecule has 1 aliphatic heterocycles. The third-order valence-electron chi connectivity index (χ3n) is 5.08. The number of nitrogens with one attached hydrogen (secondary N) is 1. The van der Waals surface area contributed by atoms with Gasteiger partial charge in [-0.1, -0.05) is 43.5 Å². The van der Waals surface area contributed by atoms with Crippen molar-refractivity contribution in [1.82, 2.24) is 5.27 Å². The number of amides is 1. The van der Waals surface area contributed by atoms with Crippen molar-refractivity contribution in [2.24, 2.45) is 5.92 Å². The van der Waals surface area contributed by atoms with Gasteiger partial charge in [0.2, 0.25) is 11.2 Å². The molecule has 6 nitrogen and oxygen atoms in total. The fraction of sp³-hybridized carbons (Fsp3) is 0.500. The zero-order chi connectivity index (χ0) is 16.4. The van der Waals surface area contributed by atoms with E-state index in [0.717, 1.165) is 45.2 Å². The van der Waals surface area contributed by atoms with E-state index >= 15 is 0 Å². The molecule has 126 valence electrons. The number of benzene rings is 1. The van der Waals surface area contributed by atoms with E-state index in [1.54, 1.807) is 11.0 Å². The molecule has 6 heteroatoms. The molecule has 0 unspecified atom stereocenters. The Morgan fingerprint density at radius 2 is 2.00 bits per heavy atom. The number of hydrogen-bond donors (Lipinski definition) is 1. The monoisotopic (exact) mass is 327 g/mol. The van der Waals surface area contributed by atoms with Crippen molar-refractivity contribution in [3.63, 3.8) is 0 Å². The number of hydrogen-bond acceptors (Lipinski definition) is 4. The molecule has 0 saturated heterocycles. The van der Waals surface area contributed by atoms with Crippen molar-refractivity contribution in [2.75, 3.05) is 16.9 Å². The fourth-order valence-electron chi connectivity index (χ4n) is 3.67. The molecule has 1 aromatic heterocycles. The highest BCUT2D eigenvalue weighted by Crippen LogP contribution is 2.24. The van der Waals surface area contributed by atoms with E-state index in [1.807, 2.05) is 0 Å². The summed E-state index contributed by atoms with van der Waals surface area (Å²) in [6.45, 7) is 1.67. The van der Waals surface area contributed by atoms with Crippen LogP contribution < -0.4 is 15.1 Å². The van der Waals surface area contributed by atoms with E-state index in [9.17, 15) is 4.79 Å². The van der Waals surface area contributed by atoms with Crippen LogP contribution in [0.25, 0.3) is 0 Å². The SMILES string of the molecule is O=C(Nc1c[n+](N2CCc3ccccc3C2)no1)C1CCCCC1. The first kappa shape index (κ1) is 15.2. The van der Waals surface area contributed by atoms with Gasteiger partial charge in [0.05, 0.1) is 11.3 Å². The minimum atomic E-state index is 0.0574. The molecule has 1 saturated carbocycles. The lowest BCUT2D eigenvalue weighted by molar-refractivity contribution is -0.760. The maximum atomic E-state index is 12.3. The normalized spacial score (nSPS) is 18.2. The second-order valence-electron chi connectivity index (χ2n) is 6.72. The molecule has 0 radical (unpaired) electrons. The highest BCUT2D eigenvalue weighted by Gasteiger charge is 2.27. The number of fused-ring (bicyclic) bond motifs is 1. The average molecular weight is 327 g/mol. The van der Waals surface area contributed by atoms with Crippen LogP contribution in [0.3, 0.4) is 0 Å². The van der Waals surface area contributed by atoms with E-state index in [1.165, 1.54) is 17.5 Å². The summed E-state index contributed by atoms with van der Waals surface area (Å²) in [7, 11) is 0. The minimum absolute atomic E-state index is 0.0574. The molecule has 2 aliphatic rings. The fourth-order valence-corrected chi connectivity index (χ4v) is 3.67. The van der Waals surface area contributed by atoms with Gasteiger partial charge in [0.25, 0.3) is 6.20 Å². The summed E-state index contributed by atoms with van der Waals surface area (Å²) >= 11 is 0. The smallest absolute Gasteiger partial charge is 0.289 e. The Kier molecular flexibility index (Phi) is 4.19. The second kappa shape index (κ2) is 6.63. The third kappa shape index (κ3) is 3.13. The average Bonchev–Trinajstić information content (AvgIpc) is 3.10. The summed E-state index contributed by atoms with van der Waals surface area (Å²) in [6, 6.07) is 8.46. The van der Waals surface area contributed by atoms with Gasteiger partial charge < -0.3 is 0 Å². The molecular weight excluding hydrogens is 304 g/mol. The van der Waals surface area contributed by atoms with Crippen molar-refractivity contribution in [3.8, 4) is 0 Å². The van der Waals surface area contributed by atoms with Gasteiger partial charge in [0.1, 0.15) is 6.54 Å². The number of anilines is 1. The molecule has 2 heterocycles. The summed E-state index contributed by atoms with van der Waals surface area (Å²) in [5.74, 6) is 0.589. The Hall–Kier alpha value is -2.37. The number of carbonyl (C=O) groups excluding carboxylic acids is 1. The molecule has 1 aliphatic carbocycles. The molecule has 0 bridgehead atoms. The maximum Gasteiger partial charge on any atom is 0.305 e. The van der Waals surface area contributed by atoms with Crippen LogP contribution in [-0.4, -0.2) is 17.7 Å². The molecule has 1 aromatic carbocycles. The molecular formula is C18H23N4O2+. The molecule has 2 aromatic rings. The van der Waals surface area contributed by atoms with Crippen molar-refractivity contribution in [2.45, 2.75) is 45.1 Å². The Bertz CT molecular complexity index is 721. The molecule has 1 fully saturated rings. The Labute approximate surface area is 141 Å². The van der Waals surface area contributed by atoms with Crippen LogP contribution in [-0.2, 0) is 17.8 Å². The van der Waals surface area contributed by atoms with Crippen LogP contribution in [0, 0.1) is 5.92 Å². The Morgan fingerprint density at radius 3 is 2.83 bits per heavy atom. The predicted molar refractivity (Wildman–Crippen MR) is 88.8 cm³/mol. The summed E-state index contributed by atoms with van der Waals surface area (Å²) < 4.78 is 5.31. The van der Waals surface area contributed by atoms with Gasteiger partial charge in [-0.05, 0) is 30.4 Å². The third-order valence-corrected chi connectivity index (χ3v) is 5.08. The van der Waals surface area contributed by atoms with Crippen LogP contribution >= 0.6 is 0 Å².